The predicted molar refractivity (Wildman–Crippen MR) is 128 cm³/mol. The van der Waals surface area contributed by atoms with Gasteiger partial charge in [0, 0.05) is 11.1 Å². The Kier molecular flexibility index (Phi) is 5.09. The predicted octanol–water partition coefficient (Wildman–Crippen LogP) is 4.77. The molecule has 3 aromatic carbocycles. The van der Waals surface area contributed by atoms with E-state index in [1.165, 1.54) is 11.8 Å². The lowest BCUT2D eigenvalue weighted by molar-refractivity contribution is 0.559. The molecule has 1 aliphatic rings. The molecule has 5 rings (SSSR count). The van der Waals surface area contributed by atoms with Crippen molar-refractivity contribution >= 4 is 50.1 Å². The first-order chi connectivity index (χ1) is 15.2. The lowest BCUT2D eigenvalue weighted by Gasteiger charge is -2.13. The van der Waals surface area contributed by atoms with Crippen molar-refractivity contribution in [3.8, 4) is 0 Å². The van der Waals surface area contributed by atoms with Crippen LogP contribution in [0.5, 0.6) is 0 Å². The van der Waals surface area contributed by atoms with E-state index in [0.717, 1.165) is 27.4 Å². The summed E-state index contributed by atoms with van der Waals surface area (Å²) < 4.78 is 5.58. The largest absolute Gasteiger partial charge is 0.422 e. The summed E-state index contributed by atoms with van der Waals surface area (Å²) in [5.74, 6) is 0.493. The summed E-state index contributed by atoms with van der Waals surface area (Å²) in [4.78, 5) is 12.6. The Morgan fingerprint density at radius 3 is 2.65 bits per heavy atom. The topological polar surface area (TPSA) is 79.3 Å². The second-order valence-electron chi connectivity index (χ2n) is 7.06. The summed E-state index contributed by atoms with van der Waals surface area (Å²) in [7, 11) is 0. The highest BCUT2D eigenvalue weighted by molar-refractivity contribution is 8.14. The fourth-order valence-electron chi connectivity index (χ4n) is 3.44. The van der Waals surface area contributed by atoms with Gasteiger partial charge >= 0.3 is 5.63 Å². The van der Waals surface area contributed by atoms with E-state index in [0.29, 0.717) is 27.8 Å². The van der Waals surface area contributed by atoms with Crippen LogP contribution in [0, 0.1) is 0 Å². The smallest absolute Gasteiger partial charge is 0.345 e. The molecule has 0 spiro atoms. The Morgan fingerprint density at radius 1 is 1.03 bits per heavy atom. The molecule has 0 bridgehead atoms. The van der Waals surface area contributed by atoms with Crippen LogP contribution >= 0.6 is 11.8 Å². The van der Waals surface area contributed by atoms with Gasteiger partial charge in [0.05, 0.1) is 17.0 Å². The first kappa shape index (κ1) is 19.3. The van der Waals surface area contributed by atoms with Crippen LogP contribution in [0.25, 0.3) is 21.7 Å². The van der Waals surface area contributed by atoms with E-state index in [9.17, 15) is 4.79 Å². The zero-order valence-corrected chi connectivity index (χ0v) is 17.5. The van der Waals surface area contributed by atoms with Crippen LogP contribution in [-0.4, -0.2) is 22.3 Å². The Balaban J connectivity index is 1.45. The molecule has 0 atom stereocenters. The van der Waals surface area contributed by atoms with Crippen molar-refractivity contribution in [2.45, 2.75) is 6.92 Å². The van der Waals surface area contributed by atoms with Crippen molar-refractivity contribution in [3.05, 3.63) is 94.3 Å². The number of benzene rings is 3. The number of fused-ring (bicyclic) bond motifs is 3. The molecule has 0 fully saturated rings. The molecular weight excluding hydrogens is 408 g/mol. The Hall–Kier alpha value is -3.71. The van der Waals surface area contributed by atoms with E-state index in [-0.39, 0.29) is 0 Å². The maximum Gasteiger partial charge on any atom is 0.345 e. The van der Waals surface area contributed by atoms with E-state index in [4.69, 9.17) is 4.42 Å². The van der Waals surface area contributed by atoms with Crippen LogP contribution in [0.3, 0.4) is 0 Å². The number of rotatable bonds is 3. The Labute approximate surface area is 182 Å². The molecule has 0 amide bonds. The summed E-state index contributed by atoms with van der Waals surface area (Å²) >= 11 is 1.44. The number of thioether (sulfide) groups is 1. The number of hydrogen-bond acceptors (Lipinski definition) is 6. The lowest BCUT2D eigenvalue weighted by atomic mass is 10.0. The fourth-order valence-corrected chi connectivity index (χ4v) is 4.14. The second-order valence-corrected chi connectivity index (χ2v) is 8.03. The van der Waals surface area contributed by atoms with Crippen LogP contribution in [0.1, 0.15) is 18.1 Å². The maximum absolute atomic E-state index is 12.6. The van der Waals surface area contributed by atoms with Crippen molar-refractivity contribution < 1.29 is 4.42 Å². The molecule has 1 aromatic heterocycles. The molecule has 31 heavy (non-hydrogen) atoms. The van der Waals surface area contributed by atoms with Crippen LogP contribution in [-0.2, 0) is 0 Å². The Bertz CT molecular complexity index is 1440. The minimum Gasteiger partial charge on any atom is -0.422 e. The molecule has 152 valence electrons. The van der Waals surface area contributed by atoms with Gasteiger partial charge in [0.2, 0.25) is 5.17 Å². The van der Waals surface area contributed by atoms with Crippen LogP contribution in [0.15, 0.2) is 97.3 Å². The van der Waals surface area contributed by atoms with Gasteiger partial charge in [-0.15, -0.1) is 5.10 Å². The third kappa shape index (κ3) is 3.87. The molecule has 6 nitrogen and oxygen atoms in total. The maximum atomic E-state index is 12.6. The molecule has 0 saturated carbocycles. The van der Waals surface area contributed by atoms with Gasteiger partial charge in [0.1, 0.15) is 5.58 Å². The average molecular weight is 427 g/mol. The summed E-state index contributed by atoms with van der Waals surface area (Å²) in [6.07, 6.45) is 0. The van der Waals surface area contributed by atoms with Gasteiger partial charge in [-0.05, 0) is 35.4 Å². The first-order valence-electron chi connectivity index (χ1n) is 9.78. The van der Waals surface area contributed by atoms with Crippen molar-refractivity contribution in [1.29, 1.82) is 0 Å². The molecule has 4 aromatic rings. The zero-order valence-electron chi connectivity index (χ0n) is 16.7. The highest BCUT2D eigenvalue weighted by Gasteiger charge is 2.18. The molecule has 0 unspecified atom stereocenters. The summed E-state index contributed by atoms with van der Waals surface area (Å²) in [5, 5.41) is 16.5. The van der Waals surface area contributed by atoms with E-state index in [2.05, 4.69) is 20.7 Å². The number of nitrogens with zero attached hydrogens (tertiary/aromatic N) is 3. The molecule has 0 radical (unpaired) electrons. The molecule has 1 N–H and O–H groups in total. The SMILES string of the molecule is C/C(=N\N=C1\NN=C(c2cc3c(ccc4ccccc43)oc2=O)CS1)c1ccccc1. The van der Waals surface area contributed by atoms with Crippen molar-refractivity contribution in [2.75, 3.05) is 5.75 Å². The van der Waals surface area contributed by atoms with Crippen LogP contribution in [0.2, 0.25) is 0 Å². The number of hydrogen-bond donors (Lipinski definition) is 1. The van der Waals surface area contributed by atoms with E-state index >= 15 is 0 Å². The van der Waals surface area contributed by atoms with Gasteiger partial charge in [0.25, 0.3) is 0 Å². The second kappa shape index (κ2) is 8.20. The minimum absolute atomic E-state index is 0.401. The number of amidine groups is 1. The van der Waals surface area contributed by atoms with E-state index in [1.54, 1.807) is 0 Å². The Morgan fingerprint density at radius 2 is 1.84 bits per heavy atom. The van der Waals surface area contributed by atoms with Crippen molar-refractivity contribution in [1.82, 2.24) is 5.43 Å². The minimum atomic E-state index is -0.401. The first-order valence-corrected chi connectivity index (χ1v) is 10.8. The summed E-state index contributed by atoms with van der Waals surface area (Å²) in [6.45, 7) is 1.91. The molecule has 1 aliphatic heterocycles. The van der Waals surface area contributed by atoms with Crippen LogP contribution < -0.4 is 11.1 Å². The number of nitrogens with one attached hydrogen (secondary N) is 1. The fraction of sp³-hybridized carbons (Fsp3) is 0.0833. The molecule has 0 saturated heterocycles. The molecule has 0 aliphatic carbocycles. The van der Waals surface area contributed by atoms with Gasteiger partial charge in [-0.2, -0.15) is 10.2 Å². The van der Waals surface area contributed by atoms with Gasteiger partial charge in [-0.1, -0.05) is 72.4 Å². The van der Waals surface area contributed by atoms with Crippen LogP contribution in [0.4, 0.5) is 0 Å². The lowest BCUT2D eigenvalue weighted by Crippen LogP contribution is -2.28. The third-order valence-corrected chi connectivity index (χ3v) is 5.93. The zero-order chi connectivity index (χ0) is 21.2. The highest BCUT2D eigenvalue weighted by atomic mass is 32.2. The van der Waals surface area contributed by atoms with Gasteiger partial charge < -0.3 is 4.42 Å². The van der Waals surface area contributed by atoms with E-state index in [1.807, 2.05) is 79.7 Å². The standard InChI is InChI=1S/C24H18N4O2S/c1-15(16-7-3-2-4-8-16)25-27-24-28-26-21(14-31-24)20-13-19-18-10-6-5-9-17(18)11-12-22(19)30-23(20)29/h2-13H,14H2,1H3,(H,27,28)/b25-15+. The molecule has 2 heterocycles. The van der Waals surface area contributed by atoms with Crippen molar-refractivity contribution in [2.24, 2.45) is 15.3 Å². The number of hydrazone groups is 1. The molecular formula is C24H18N4O2S. The normalized spacial score (nSPS) is 15.8. The summed E-state index contributed by atoms with van der Waals surface area (Å²) in [6, 6.07) is 23.5. The van der Waals surface area contributed by atoms with Gasteiger partial charge in [-0.3, -0.25) is 5.43 Å². The van der Waals surface area contributed by atoms with E-state index < -0.39 is 5.63 Å². The molecule has 7 heteroatoms. The van der Waals surface area contributed by atoms with Crippen molar-refractivity contribution in [3.63, 3.8) is 0 Å². The highest BCUT2D eigenvalue weighted by Crippen LogP contribution is 2.25. The monoisotopic (exact) mass is 426 g/mol. The quantitative estimate of drug-likeness (QED) is 0.222. The van der Waals surface area contributed by atoms with Gasteiger partial charge in [0.15, 0.2) is 0 Å². The van der Waals surface area contributed by atoms with Gasteiger partial charge in [-0.25, -0.2) is 4.79 Å². The third-order valence-electron chi connectivity index (χ3n) is 5.07. The summed E-state index contributed by atoms with van der Waals surface area (Å²) in [5.41, 5.74) is 5.96. The average Bonchev–Trinajstić information content (AvgIpc) is 2.83.